The van der Waals surface area contributed by atoms with Crippen LogP contribution < -0.4 is 10.1 Å². The second-order valence-electron chi connectivity index (χ2n) is 9.41. The van der Waals surface area contributed by atoms with Gasteiger partial charge in [-0.05, 0) is 60.4 Å². The molecule has 5 heteroatoms. The first-order valence-electron chi connectivity index (χ1n) is 11.9. The van der Waals surface area contributed by atoms with Crippen molar-refractivity contribution in [3.05, 3.63) is 65.2 Å². The normalized spacial score (nSPS) is 18.8. The maximum absolute atomic E-state index is 13.2. The van der Waals surface area contributed by atoms with Gasteiger partial charge in [0.15, 0.2) is 6.10 Å². The number of carbonyl (C=O) groups is 2. The summed E-state index contributed by atoms with van der Waals surface area (Å²) >= 11 is 0. The van der Waals surface area contributed by atoms with E-state index < -0.39 is 6.10 Å². The molecule has 0 unspecified atom stereocenters. The van der Waals surface area contributed by atoms with E-state index in [1.54, 1.807) is 0 Å². The third kappa shape index (κ3) is 5.14. The minimum absolute atomic E-state index is 0.0407. The summed E-state index contributed by atoms with van der Waals surface area (Å²) in [6.07, 6.45) is 3.57. The van der Waals surface area contributed by atoms with Gasteiger partial charge >= 0.3 is 0 Å². The van der Waals surface area contributed by atoms with Crippen molar-refractivity contribution >= 4 is 11.8 Å². The number of hydrogen-bond donors (Lipinski definition) is 1. The largest absolute Gasteiger partial charge is 0.481 e. The van der Waals surface area contributed by atoms with Crippen molar-refractivity contribution < 1.29 is 14.3 Å². The lowest BCUT2D eigenvalue weighted by Crippen LogP contribution is -2.41. The van der Waals surface area contributed by atoms with Crippen molar-refractivity contribution in [3.8, 4) is 5.75 Å². The van der Waals surface area contributed by atoms with Gasteiger partial charge in [0.1, 0.15) is 5.75 Å². The fraction of sp³-hybridized carbons (Fsp3) is 0.481. The average molecular weight is 435 g/mol. The number of hydrogen-bond acceptors (Lipinski definition) is 3. The molecule has 2 aromatic rings. The molecule has 0 aromatic heterocycles. The summed E-state index contributed by atoms with van der Waals surface area (Å²) in [5, 5.41) is 3.05. The number of nitrogens with one attached hydrogen (secondary N) is 1. The highest BCUT2D eigenvalue weighted by Crippen LogP contribution is 2.38. The van der Waals surface area contributed by atoms with Crippen LogP contribution >= 0.6 is 0 Å². The molecule has 4 rings (SSSR count). The van der Waals surface area contributed by atoms with E-state index in [2.05, 4.69) is 37.4 Å². The molecule has 32 heavy (non-hydrogen) atoms. The van der Waals surface area contributed by atoms with Crippen molar-refractivity contribution in [1.29, 1.82) is 0 Å². The molecule has 170 valence electrons. The van der Waals surface area contributed by atoms with Crippen LogP contribution in [0.2, 0.25) is 0 Å². The van der Waals surface area contributed by atoms with Crippen molar-refractivity contribution in [2.45, 2.75) is 71.1 Å². The van der Waals surface area contributed by atoms with Gasteiger partial charge in [0.05, 0.1) is 6.04 Å². The highest BCUT2D eigenvalue weighted by Gasteiger charge is 2.33. The van der Waals surface area contributed by atoms with Gasteiger partial charge in [0.2, 0.25) is 5.91 Å². The van der Waals surface area contributed by atoms with E-state index in [0.717, 1.165) is 30.4 Å². The SMILES string of the molecule is CC[C@@H](Oc1ccc2c(c1)[C@@H](c1ccccc1)N(C(=O)CC(C)C)CC2)C(=O)NC1CC1. The molecule has 1 saturated carbocycles. The standard InChI is InChI=1S/C27H34N2O3/c1-4-24(27(31)28-21-11-12-21)32-22-13-10-19-14-15-29(25(30)16-18(2)3)26(23(19)17-22)20-8-6-5-7-9-20/h5-10,13,17-18,21,24,26H,4,11-12,14-16H2,1-3H3,(H,28,31)/t24-,26-/m1/s1. The summed E-state index contributed by atoms with van der Waals surface area (Å²) in [6, 6.07) is 16.5. The topological polar surface area (TPSA) is 58.6 Å². The molecule has 2 atom stereocenters. The third-order valence-electron chi connectivity index (χ3n) is 6.23. The summed E-state index contributed by atoms with van der Waals surface area (Å²) in [5.74, 6) is 1.13. The van der Waals surface area contributed by atoms with Crippen molar-refractivity contribution in [2.24, 2.45) is 5.92 Å². The fourth-order valence-electron chi connectivity index (χ4n) is 4.40. The van der Waals surface area contributed by atoms with E-state index >= 15 is 0 Å². The van der Waals surface area contributed by atoms with E-state index in [0.29, 0.717) is 37.1 Å². The zero-order valence-electron chi connectivity index (χ0n) is 19.3. The molecule has 0 bridgehead atoms. The van der Waals surface area contributed by atoms with Crippen molar-refractivity contribution in [1.82, 2.24) is 10.2 Å². The van der Waals surface area contributed by atoms with Gasteiger partial charge < -0.3 is 15.0 Å². The number of fused-ring (bicyclic) bond motifs is 1. The first-order chi connectivity index (χ1) is 15.5. The highest BCUT2D eigenvalue weighted by atomic mass is 16.5. The summed E-state index contributed by atoms with van der Waals surface area (Å²) in [7, 11) is 0. The minimum Gasteiger partial charge on any atom is -0.481 e. The first-order valence-corrected chi connectivity index (χ1v) is 11.9. The molecular formula is C27H34N2O3. The van der Waals surface area contributed by atoms with Gasteiger partial charge in [-0.25, -0.2) is 0 Å². The lowest BCUT2D eigenvalue weighted by Gasteiger charge is -2.38. The molecule has 1 fully saturated rings. The van der Waals surface area contributed by atoms with Gasteiger partial charge in [-0.15, -0.1) is 0 Å². The van der Waals surface area contributed by atoms with Crippen LogP contribution in [0.1, 0.15) is 69.2 Å². The second kappa shape index (κ2) is 9.76. The molecule has 0 radical (unpaired) electrons. The maximum atomic E-state index is 13.2. The van der Waals surface area contributed by atoms with Crippen LogP contribution in [0.3, 0.4) is 0 Å². The minimum atomic E-state index is -0.508. The van der Waals surface area contributed by atoms with Gasteiger partial charge in [-0.3, -0.25) is 9.59 Å². The molecule has 2 aliphatic rings. The Hall–Kier alpha value is -2.82. The quantitative estimate of drug-likeness (QED) is 0.658. The molecule has 0 saturated heterocycles. The Morgan fingerprint density at radius 1 is 1.12 bits per heavy atom. The Kier molecular flexibility index (Phi) is 6.83. The fourth-order valence-corrected chi connectivity index (χ4v) is 4.40. The molecule has 2 aromatic carbocycles. The lowest BCUT2D eigenvalue weighted by molar-refractivity contribution is -0.134. The Labute approximate surface area is 191 Å². The van der Waals surface area contributed by atoms with E-state index in [9.17, 15) is 9.59 Å². The predicted octanol–water partition coefficient (Wildman–Crippen LogP) is 4.64. The monoisotopic (exact) mass is 434 g/mol. The molecule has 1 aliphatic heterocycles. The number of amides is 2. The zero-order chi connectivity index (χ0) is 22.7. The smallest absolute Gasteiger partial charge is 0.261 e. The van der Waals surface area contributed by atoms with Crippen LogP contribution in [0.15, 0.2) is 48.5 Å². The molecule has 1 N–H and O–H groups in total. The highest BCUT2D eigenvalue weighted by molar-refractivity contribution is 5.81. The number of rotatable bonds is 8. The van der Waals surface area contributed by atoms with Crippen LogP contribution in [0, 0.1) is 5.92 Å². The predicted molar refractivity (Wildman–Crippen MR) is 125 cm³/mol. The first kappa shape index (κ1) is 22.4. The summed E-state index contributed by atoms with van der Waals surface area (Å²) in [6.45, 7) is 6.84. The maximum Gasteiger partial charge on any atom is 0.261 e. The van der Waals surface area contributed by atoms with E-state index in [4.69, 9.17) is 4.74 Å². The van der Waals surface area contributed by atoms with Crippen LogP contribution in [0.25, 0.3) is 0 Å². The molecular weight excluding hydrogens is 400 g/mol. The third-order valence-corrected chi connectivity index (χ3v) is 6.23. The van der Waals surface area contributed by atoms with Crippen molar-refractivity contribution in [3.63, 3.8) is 0 Å². The van der Waals surface area contributed by atoms with Crippen molar-refractivity contribution in [2.75, 3.05) is 6.54 Å². The van der Waals surface area contributed by atoms with Gasteiger partial charge in [0.25, 0.3) is 5.91 Å². The van der Waals surface area contributed by atoms with Gasteiger partial charge in [-0.2, -0.15) is 0 Å². The Balaban J connectivity index is 1.64. The van der Waals surface area contributed by atoms with Crippen LogP contribution in [-0.4, -0.2) is 35.4 Å². The van der Waals surface area contributed by atoms with Gasteiger partial charge in [-0.1, -0.05) is 57.2 Å². The molecule has 1 aliphatic carbocycles. The lowest BCUT2D eigenvalue weighted by atomic mass is 9.87. The average Bonchev–Trinajstić information content (AvgIpc) is 3.60. The van der Waals surface area contributed by atoms with Gasteiger partial charge in [0, 0.05) is 19.0 Å². The number of ether oxygens (including phenoxy) is 1. The van der Waals surface area contributed by atoms with Crippen LogP contribution in [0.5, 0.6) is 5.75 Å². The summed E-state index contributed by atoms with van der Waals surface area (Å²) in [4.78, 5) is 27.7. The summed E-state index contributed by atoms with van der Waals surface area (Å²) in [5.41, 5.74) is 3.42. The Morgan fingerprint density at radius 3 is 2.53 bits per heavy atom. The van der Waals surface area contributed by atoms with E-state index in [-0.39, 0.29) is 17.9 Å². The molecule has 2 amide bonds. The number of carbonyl (C=O) groups excluding carboxylic acids is 2. The van der Waals surface area contributed by atoms with Crippen LogP contribution in [0.4, 0.5) is 0 Å². The van der Waals surface area contributed by atoms with E-state index in [1.807, 2.05) is 42.2 Å². The zero-order valence-corrected chi connectivity index (χ0v) is 19.3. The van der Waals surface area contributed by atoms with Crippen LogP contribution in [-0.2, 0) is 16.0 Å². The number of nitrogens with zero attached hydrogens (tertiary/aromatic N) is 1. The Morgan fingerprint density at radius 2 is 1.88 bits per heavy atom. The molecule has 1 heterocycles. The molecule has 5 nitrogen and oxygen atoms in total. The summed E-state index contributed by atoms with van der Waals surface area (Å²) < 4.78 is 6.15. The Bertz CT molecular complexity index is 953. The number of benzene rings is 2. The second-order valence-corrected chi connectivity index (χ2v) is 9.41. The molecule has 0 spiro atoms. The van der Waals surface area contributed by atoms with E-state index in [1.165, 1.54) is 5.56 Å².